The van der Waals surface area contributed by atoms with E-state index in [0.717, 1.165) is 17.7 Å². The van der Waals surface area contributed by atoms with E-state index in [1.807, 2.05) is 12.1 Å². The Morgan fingerprint density at radius 1 is 1.38 bits per heavy atom. The molecule has 0 fully saturated rings. The first-order valence-corrected chi connectivity index (χ1v) is 5.26. The number of halogens is 1. The van der Waals surface area contributed by atoms with Crippen molar-refractivity contribution in [3.63, 3.8) is 0 Å². The zero-order valence-electron chi connectivity index (χ0n) is 8.89. The molecule has 1 amide bonds. The lowest BCUT2D eigenvalue weighted by Gasteiger charge is -2.09. The Kier molecular flexibility index (Phi) is 4.73. The number of amides is 1. The van der Waals surface area contributed by atoms with Crippen molar-refractivity contribution in [2.75, 3.05) is 17.8 Å². The summed E-state index contributed by atoms with van der Waals surface area (Å²) in [5, 5.41) is 0. The average Bonchev–Trinajstić information content (AvgIpc) is 2.35. The second-order valence-corrected chi connectivity index (χ2v) is 3.51. The van der Waals surface area contributed by atoms with Gasteiger partial charge >= 0.3 is 0 Å². The Morgan fingerprint density at radius 2 is 2.00 bits per heavy atom. The molecule has 1 rings (SSSR count). The lowest BCUT2D eigenvalue weighted by molar-refractivity contribution is -0.112. The molecule has 4 heteroatoms. The first kappa shape index (κ1) is 12.5. The summed E-state index contributed by atoms with van der Waals surface area (Å²) in [7, 11) is 1.68. The van der Waals surface area contributed by atoms with Crippen LogP contribution in [0.2, 0.25) is 0 Å². The molecule has 3 nitrogen and oxygen atoms in total. The normalized spacial score (nSPS) is 10.4. The highest BCUT2D eigenvalue weighted by molar-refractivity contribution is 6.29. The molecule has 0 bridgehead atoms. The van der Waals surface area contributed by atoms with E-state index in [1.54, 1.807) is 25.3 Å². The average molecular weight is 238 g/mol. The van der Waals surface area contributed by atoms with Crippen LogP contribution in [-0.2, 0) is 9.59 Å². The Balaban J connectivity index is 2.75. The molecular weight excluding hydrogens is 226 g/mol. The second kappa shape index (κ2) is 6.08. The van der Waals surface area contributed by atoms with Crippen LogP contribution >= 0.6 is 11.6 Å². The topological polar surface area (TPSA) is 37.4 Å². The van der Waals surface area contributed by atoms with Gasteiger partial charge in [0.15, 0.2) is 5.78 Å². The number of hydrogen-bond donors (Lipinski definition) is 0. The summed E-state index contributed by atoms with van der Waals surface area (Å²) in [6, 6.07) is 7.26. The van der Waals surface area contributed by atoms with Gasteiger partial charge in [0.2, 0.25) is 6.41 Å². The molecule has 0 heterocycles. The van der Waals surface area contributed by atoms with Crippen LogP contribution in [0.1, 0.15) is 5.56 Å². The standard InChI is InChI=1S/C12H12ClNO2/c1-14(9-15)11-5-2-10(3-6-11)4-7-12(16)8-13/h2-7,9H,8H2,1H3. The number of carbonyl (C=O) groups is 2. The minimum atomic E-state index is -0.129. The van der Waals surface area contributed by atoms with Crippen LogP contribution < -0.4 is 4.90 Å². The predicted octanol–water partition coefficient (Wildman–Crippen LogP) is 2.10. The van der Waals surface area contributed by atoms with Crippen molar-refractivity contribution in [2.45, 2.75) is 0 Å². The van der Waals surface area contributed by atoms with Gasteiger partial charge in [-0.1, -0.05) is 18.2 Å². The van der Waals surface area contributed by atoms with Gasteiger partial charge in [-0.25, -0.2) is 0 Å². The number of alkyl halides is 1. The molecule has 0 aromatic heterocycles. The monoisotopic (exact) mass is 237 g/mol. The fourth-order valence-electron chi connectivity index (χ4n) is 1.12. The van der Waals surface area contributed by atoms with Gasteiger partial charge in [-0.3, -0.25) is 9.59 Å². The highest BCUT2D eigenvalue weighted by Gasteiger charge is 1.97. The molecular formula is C12H12ClNO2. The number of rotatable bonds is 5. The fourth-order valence-corrected chi connectivity index (χ4v) is 1.20. The lowest BCUT2D eigenvalue weighted by atomic mass is 10.2. The first-order valence-electron chi connectivity index (χ1n) is 4.72. The summed E-state index contributed by atoms with van der Waals surface area (Å²) in [4.78, 5) is 22.9. The number of allylic oxidation sites excluding steroid dienone is 1. The molecule has 0 aliphatic carbocycles. The van der Waals surface area contributed by atoms with Crippen LogP contribution in [0.4, 0.5) is 5.69 Å². The van der Waals surface area contributed by atoms with Crippen molar-refractivity contribution in [3.05, 3.63) is 35.9 Å². The van der Waals surface area contributed by atoms with Crippen molar-refractivity contribution >= 4 is 35.6 Å². The van der Waals surface area contributed by atoms with Crippen molar-refractivity contribution in [1.29, 1.82) is 0 Å². The second-order valence-electron chi connectivity index (χ2n) is 3.24. The third-order valence-electron chi connectivity index (χ3n) is 2.05. The van der Waals surface area contributed by atoms with Crippen molar-refractivity contribution < 1.29 is 9.59 Å². The van der Waals surface area contributed by atoms with E-state index in [0.29, 0.717) is 0 Å². The molecule has 84 valence electrons. The van der Waals surface area contributed by atoms with Gasteiger partial charge in [-0.2, -0.15) is 0 Å². The molecule has 0 saturated carbocycles. The summed E-state index contributed by atoms with van der Waals surface area (Å²) in [6.07, 6.45) is 3.86. The highest BCUT2D eigenvalue weighted by Crippen LogP contribution is 2.13. The molecule has 0 aliphatic heterocycles. The van der Waals surface area contributed by atoms with Crippen molar-refractivity contribution in [1.82, 2.24) is 0 Å². The zero-order chi connectivity index (χ0) is 12.0. The maximum atomic E-state index is 10.9. The van der Waals surface area contributed by atoms with E-state index < -0.39 is 0 Å². The third-order valence-corrected chi connectivity index (χ3v) is 2.32. The van der Waals surface area contributed by atoms with E-state index in [4.69, 9.17) is 11.6 Å². The summed E-state index contributed by atoms with van der Waals surface area (Å²) < 4.78 is 0. The lowest BCUT2D eigenvalue weighted by Crippen LogP contribution is -2.13. The molecule has 0 radical (unpaired) electrons. The van der Waals surface area contributed by atoms with Gasteiger partial charge in [0.05, 0.1) is 5.88 Å². The zero-order valence-corrected chi connectivity index (χ0v) is 9.65. The largest absolute Gasteiger partial charge is 0.318 e. The van der Waals surface area contributed by atoms with Crippen molar-refractivity contribution in [3.8, 4) is 0 Å². The summed E-state index contributed by atoms with van der Waals surface area (Å²) in [5.41, 5.74) is 1.69. The number of hydrogen-bond acceptors (Lipinski definition) is 2. The highest BCUT2D eigenvalue weighted by atomic mass is 35.5. The molecule has 1 aromatic carbocycles. The molecule has 0 spiro atoms. The molecule has 1 aromatic rings. The molecule has 0 N–H and O–H groups in total. The molecule has 0 unspecified atom stereocenters. The Morgan fingerprint density at radius 3 is 2.50 bits per heavy atom. The molecule has 0 aliphatic rings. The Hall–Kier alpha value is -1.61. The first-order chi connectivity index (χ1) is 7.67. The number of anilines is 1. The van der Waals surface area contributed by atoms with E-state index in [2.05, 4.69) is 0 Å². The minimum Gasteiger partial charge on any atom is -0.318 e. The Bertz CT molecular complexity index is 398. The smallest absolute Gasteiger partial charge is 0.213 e. The van der Waals surface area contributed by atoms with Gasteiger partial charge < -0.3 is 4.90 Å². The SMILES string of the molecule is CN(C=O)c1ccc(C=CC(=O)CCl)cc1. The fraction of sp³-hybridized carbons (Fsp3) is 0.167. The van der Waals surface area contributed by atoms with Gasteiger partial charge in [-0.05, 0) is 23.8 Å². The van der Waals surface area contributed by atoms with Crippen LogP contribution in [-0.4, -0.2) is 25.1 Å². The number of nitrogens with zero attached hydrogens (tertiary/aromatic N) is 1. The van der Waals surface area contributed by atoms with E-state index in [9.17, 15) is 9.59 Å². The molecule has 16 heavy (non-hydrogen) atoms. The quantitative estimate of drug-likeness (QED) is 0.447. The maximum Gasteiger partial charge on any atom is 0.213 e. The third kappa shape index (κ3) is 3.51. The van der Waals surface area contributed by atoms with E-state index >= 15 is 0 Å². The van der Waals surface area contributed by atoms with Gasteiger partial charge in [0.1, 0.15) is 0 Å². The van der Waals surface area contributed by atoms with Gasteiger partial charge in [0, 0.05) is 12.7 Å². The van der Waals surface area contributed by atoms with Crippen LogP contribution in [0.5, 0.6) is 0 Å². The van der Waals surface area contributed by atoms with Crippen LogP contribution in [0, 0.1) is 0 Å². The van der Waals surface area contributed by atoms with Crippen LogP contribution in [0.3, 0.4) is 0 Å². The molecule has 0 atom stereocenters. The van der Waals surface area contributed by atoms with E-state index in [1.165, 1.54) is 11.0 Å². The maximum absolute atomic E-state index is 10.9. The van der Waals surface area contributed by atoms with Crippen LogP contribution in [0.25, 0.3) is 6.08 Å². The summed E-state index contributed by atoms with van der Waals surface area (Å²) >= 11 is 5.36. The molecule has 0 saturated heterocycles. The summed E-state index contributed by atoms with van der Waals surface area (Å²) in [6.45, 7) is 0. The van der Waals surface area contributed by atoms with Gasteiger partial charge in [-0.15, -0.1) is 11.6 Å². The minimum absolute atomic E-state index is 0.0114. The van der Waals surface area contributed by atoms with E-state index in [-0.39, 0.29) is 11.7 Å². The van der Waals surface area contributed by atoms with Gasteiger partial charge in [0.25, 0.3) is 0 Å². The van der Waals surface area contributed by atoms with Crippen LogP contribution in [0.15, 0.2) is 30.3 Å². The number of ketones is 1. The van der Waals surface area contributed by atoms with Crippen molar-refractivity contribution in [2.24, 2.45) is 0 Å². The number of benzene rings is 1. The predicted molar refractivity (Wildman–Crippen MR) is 65.7 cm³/mol. The Labute approximate surface area is 99.3 Å². The summed E-state index contributed by atoms with van der Waals surface area (Å²) in [5.74, 6) is -0.140. The number of carbonyl (C=O) groups excluding carboxylic acids is 2.